The van der Waals surface area contributed by atoms with Crippen molar-refractivity contribution in [3.63, 3.8) is 0 Å². The van der Waals surface area contributed by atoms with Crippen molar-refractivity contribution in [2.75, 3.05) is 0 Å². The number of imidazole rings is 1. The van der Waals surface area contributed by atoms with Crippen LogP contribution in [0.1, 0.15) is 25.6 Å². The summed E-state index contributed by atoms with van der Waals surface area (Å²) in [5.41, 5.74) is 0.751. The van der Waals surface area contributed by atoms with Gasteiger partial charge in [-0.1, -0.05) is 13.3 Å². The van der Waals surface area contributed by atoms with Gasteiger partial charge in [-0.15, -0.1) is 0 Å². The van der Waals surface area contributed by atoms with Gasteiger partial charge in [0.2, 0.25) is 0 Å². The monoisotopic (exact) mass is 191 g/mol. The lowest BCUT2D eigenvalue weighted by Crippen LogP contribution is -1.97. The quantitative estimate of drug-likeness (QED) is 0.754. The van der Waals surface area contributed by atoms with Gasteiger partial charge in [0, 0.05) is 12.6 Å². The normalized spacial score (nSPS) is 10.9. The van der Waals surface area contributed by atoms with E-state index in [1.807, 2.05) is 6.07 Å². The average molecular weight is 191 g/mol. The maximum atomic E-state index is 9.42. The fourth-order valence-electron chi connectivity index (χ4n) is 1.41. The van der Waals surface area contributed by atoms with Crippen molar-refractivity contribution in [1.82, 2.24) is 14.7 Å². The Balaban J connectivity index is 2.32. The highest BCUT2D eigenvalue weighted by molar-refractivity contribution is 5.51. The smallest absolute Gasteiger partial charge is 0.195 e. The van der Waals surface area contributed by atoms with Crippen molar-refractivity contribution in [2.24, 2.45) is 0 Å². The van der Waals surface area contributed by atoms with E-state index in [2.05, 4.69) is 16.9 Å². The lowest BCUT2D eigenvalue weighted by atomic mass is 10.2. The number of aromatic nitrogens is 3. The molecule has 0 aromatic heterocycles. The van der Waals surface area contributed by atoms with E-state index in [9.17, 15) is 5.21 Å². The van der Waals surface area contributed by atoms with Crippen LogP contribution in [0.15, 0.2) is 18.3 Å². The standard InChI is InChI=1S/C10H13N3O/c1-2-3-6-9-11-8-5-4-7-13(14)10(8)12-9/h4-5,7,14H,2-3,6H2,1H3. The minimum Gasteiger partial charge on any atom is -0.427 e. The number of nitrogens with zero attached hydrogens (tertiary/aromatic N) is 3. The van der Waals surface area contributed by atoms with Crippen LogP contribution in [0.2, 0.25) is 0 Å². The third kappa shape index (κ3) is 1.55. The van der Waals surface area contributed by atoms with Gasteiger partial charge in [0.1, 0.15) is 11.5 Å². The molecule has 2 aliphatic rings. The predicted octanol–water partition coefficient (Wildman–Crippen LogP) is 1.96. The van der Waals surface area contributed by atoms with Gasteiger partial charge in [-0.25, -0.2) is 9.97 Å². The Morgan fingerprint density at radius 1 is 1.43 bits per heavy atom. The molecule has 0 radical (unpaired) electrons. The summed E-state index contributed by atoms with van der Waals surface area (Å²) < 4.78 is 1.01. The molecule has 2 rings (SSSR count). The molecule has 0 aliphatic carbocycles. The van der Waals surface area contributed by atoms with Crippen LogP contribution in [-0.2, 0) is 6.42 Å². The highest BCUT2D eigenvalue weighted by Crippen LogP contribution is 2.17. The van der Waals surface area contributed by atoms with Crippen LogP contribution >= 0.6 is 0 Å². The van der Waals surface area contributed by atoms with Crippen molar-refractivity contribution in [3.8, 4) is 11.5 Å². The van der Waals surface area contributed by atoms with Crippen LogP contribution in [-0.4, -0.2) is 19.9 Å². The van der Waals surface area contributed by atoms with Crippen molar-refractivity contribution in [3.05, 3.63) is 24.2 Å². The molecule has 2 aliphatic heterocycles. The van der Waals surface area contributed by atoms with Crippen LogP contribution in [0.4, 0.5) is 0 Å². The zero-order valence-corrected chi connectivity index (χ0v) is 8.14. The lowest BCUT2D eigenvalue weighted by molar-refractivity contribution is 0.186. The first-order valence-corrected chi connectivity index (χ1v) is 4.84. The summed E-state index contributed by atoms with van der Waals surface area (Å²) in [4.78, 5) is 8.57. The summed E-state index contributed by atoms with van der Waals surface area (Å²) in [6, 6.07) is 3.60. The molecule has 0 aromatic rings. The van der Waals surface area contributed by atoms with E-state index in [1.54, 1.807) is 12.3 Å². The third-order valence-corrected chi connectivity index (χ3v) is 2.17. The Morgan fingerprint density at radius 2 is 2.29 bits per heavy atom. The molecule has 4 heteroatoms. The predicted molar refractivity (Wildman–Crippen MR) is 52.4 cm³/mol. The van der Waals surface area contributed by atoms with Crippen LogP contribution in [0.3, 0.4) is 0 Å². The lowest BCUT2D eigenvalue weighted by Gasteiger charge is -1.99. The number of pyridine rings is 1. The largest absolute Gasteiger partial charge is 0.427 e. The van der Waals surface area contributed by atoms with E-state index in [1.165, 1.54) is 0 Å². The molecule has 0 unspecified atom stereocenters. The molecule has 0 aromatic carbocycles. The molecule has 1 N–H and O–H groups in total. The molecule has 2 heterocycles. The number of rotatable bonds is 3. The molecule has 0 amide bonds. The third-order valence-electron chi connectivity index (χ3n) is 2.17. The van der Waals surface area contributed by atoms with E-state index in [4.69, 9.17) is 0 Å². The molecule has 0 spiro atoms. The molecule has 14 heavy (non-hydrogen) atoms. The minimum atomic E-state index is 0.540. The Labute approximate surface area is 82.5 Å². The van der Waals surface area contributed by atoms with Crippen molar-refractivity contribution in [1.29, 1.82) is 0 Å². The Bertz CT molecular complexity index is 397. The summed E-state index contributed by atoms with van der Waals surface area (Å²) in [6.07, 6.45) is 4.65. The second-order valence-electron chi connectivity index (χ2n) is 3.30. The van der Waals surface area contributed by atoms with E-state index in [-0.39, 0.29) is 0 Å². The van der Waals surface area contributed by atoms with Crippen molar-refractivity contribution in [2.45, 2.75) is 26.2 Å². The van der Waals surface area contributed by atoms with Gasteiger partial charge in [-0.05, 0) is 18.6 Å². The highest BCUT2D eigenvalue weighted by atomic mass is 16.5. The topological polar surface area (TPSA) is 50.9 Å². The molecule has 0 saturated carbocycles. The number of hydrogen-bond acceptors (Lipinski definition) is 3. The SMILES string of the molecule is CCCCc1nc2cccn(O)c-2n1. The molecule has 0 bridgehead atoms. The van der Waals surface area contributed by atoms with Gasteiger partial charge >= 0.3 is 0 Å². The van der Waals surface area contributed by atoms with Gasteiger partial charge in [0.15, 0.2) is 5.82 Å². The highest BCUT2D eigenvalue weighted by Gasteiger charge is 2.12. The van der Waals surface area contributed by atoms with E-state index in [0.29, 0.717) is 5.82 Å². The van der Waals surface area contributed by atoms with E-state index in [0.717, 1.165) is 35.5 Å². The second-order valence-corrected chi connectivity index (χ2v) is 3.30. The fourth-order valence-corrected chi connectivity index (χ4v) is 1.41. The number of aryl methyl sites for hydroxylation is 1. The summed E-state index contributed by atoms with van der Waals surface area (Å²) in [5.74, 6) is 1.36. The summed E-state index contributed by atoms with van der Waals surface area (Å²) in [5, 5.41) is 9.42. The van der Waals surface area contributed by atoms with Crippen molar-refractivity contribution < 1.29 is 5.21 Å². The minimum absolute atomic E-state index is 0.540. The van der Waals surface area contributed by atoms with Gasteiger partial charge < -0.3 is 5.21 Å². The Kier molecular flexibility index (Phi) is 2.35. The number of unbranched alkanes of at least 4 members (excludes halogenated alkanes) is 1. The van der Waals surface area contributed by atoms with Gasteiger partial charge in [0.05, 0.1) is 0 Å². The summed E-state index contributed by atoms with van der Waals surface area (Å²) >= 11 is 0. The zero-order chi connectivity index (χ0) is 9.97. The first-order chi connectivity index (χ1) is 6.81. The fraction of sp³-hybridized carbons (Fsp3) is 0.400. The molecule has 0 atom stereocenters. The Hall–Kier alpha value is -1.58. The summed E-state index contributed by atoms with van der Waals surface area (Å²) in [7, 11) is 0. The van der Waals surface area contributed by atoms with Crippen LogP contribution < -0.4 is 0 Å². The van der Waals surface area contributed by atoms with Gasteiger partial charge in [0.25, 0.3) is 0 Å². The van der Waals surface area contributed by atoms with Crippen LogP contribution in [0.25, 0.3) is 11.5 Å². The maximum absolute atomic E-state index is 9.42. The molecular formula is C10H13N3O. The van der Waals surface area contributed by atoms with E-state index >= 15 is 0 Å². The first kappa shape index (κ1) is 8.99. The van der Waals surface area contributed by atoms with E-state index < -0.39 is 0 Å². The van der Waals surface area contributed by atoms with Gasteiger partial charge in [-0.2, -0.15) is 4.73 Å². The Morgan fingerprint density at radius 3 is 3.00 bits per heavy atom. The van der Waals surface area contributed by atoms with Crippen molar-refractivity contribution >= 4 is 0 Å². The van der Waals surface area contributed by atoms with Crippen LogP contribution in [0.5, 0.6) is 0 Å². The number of hydrogen-bond donors (Lipinski definition) is 1. The average Bonchev–Trinajstić information content (AvgIpc) is 2.59. The van der Waals surface area contributed by atoms with Gasteiger partial charge in [-0.3, -0.25) is 0 Å². The zero-order valence-electron chi connectivity index (χ0n) is 8.14. The van der Waals surface area contributed by atoms with Crippen LogP contribution in [0, 0.1) is 0 Å². The molecule has 0 saturated heterocycles. The molecule has 0 fully saturated rings. The summed E-state index contributed by atoms with van der Waals surface area (Å²) in [6.45, 7) is 2.13. The maximum Gasteiger partial charge on any atom is 0.195 e. The first-order valence-electron chi connectivity index (χ1n) is 4.84. The molecule has 74 valence electrons. The number of fused-ring (bicyclic) bond motifs is 1. The molecule has 4 nitrogen and oxygen atoms in total. The second kappa shape index (κ2) is 3.65. The molecular weight excluding hydrogens is 178 g/mol.